The predicted octanol–water partition coefficient (Wildman–Crippen LogP) is 1.71. The summed E-state index contributed by atoms with van der Waals surface area (Å²) < 4.78 is 27.4. The van der Waals surface area contributed by atoms with Gasteiger partial charge >= 0.3 is 0 Å². The van der Waals surface area contributed by atoms with Crippen LogP contribution >= 0.6 is 27.3 Å². The Morgan fingerprint density at radius 2 is 1.82 bits per heavy atom. The molecule has 1 fully saturated rings. The second-order valence-corrected chi connectivity index (χ2v) is 9.67. The number of hydrogen-bond acceptors (Lipinski definition) is 5. The molecule has 9 heteroatoms. The maximum absolute atomic E-state index is 12.5. The maximum atomic E-state index is 12.5. The van der Waals surface area contributed by atoms with E-state index in [9.17, 15) is 18.0 Å². The Morgan fingerprint density at radius 1 is 1.18 bits per heavy atom. The molecule has 0 aromatic carbocycles. The van der Waals surface area contributed by atoms with Crippen molar-refractivity contribution in [3.8, 4) is 0 Å². The smallest absolute Gasteiger partial charge is 0.252 e. The number of amides is 1. The van der Waals surface area contributed by atoms with E-state index in [0.717, 1.165) is 3.79 Å². The van der Waals surface area contributed by atoms with Gasteiger partial charge in [-0.25, -0.2) is 8.42 Å². The van der Waals surface area contributed by atoms with Crippen molar-refractivity contribution in [2.24, 2.45) is 0 Å². The molecule has 0 bridgehead atoms. The molecule has 6 nitrogen and oxygen atoms in total. The summed E-state index contributed by atoms with van der Waals surface area (Å²) in [5.74, 6) is -0.107. The van der Waals surface area contributed by atoms with Gasteiger partial charge in [0, 0.05) is 39.0 Å². The zero-order chi connectivity index (χ0) is 16.3. The topological polar surface area (TPSA) is 74.8 Å². The lowest BCUT2D eigenvalue weighted by Gasteiger charge is -2.33. The fraction of sp³-hybridized carbons (Fsp3) is 0.538. The van der Waals surface area contributed by atoms with Gasteiger partial charge < -0.3 is 9.69 Å². The number of hydrogen-bond donors (Lipinski definition) is 0. The molecule has 0 spiro atoms. The summed E-state index contributed by atoms with van der Waals surface area (Å²) in [6.45, 7) is 2.75. The van der Waals surface area contributed by atoms with Gasteiger partial charge in [0.25, 0.3) is 10.0 Å². The van der Waals surface area contributed by atoms with Gasteiger partial charge in [-0.05, 0) is 35.0 Å². The highest BCUT2D eigenvalue weighted by atomic mass is 79.9. The summed E-state index contributed by atoms with van der Waals surface area (Å²) in [6.07, 6.45) is 0.431. The normalized spacial score (nSPS) is 16.7. The molecule has 1 aromatic heterocycles. The average Bonchev–Trinajstić information content (AvgIpc) is 2.92. The van der Waals surface area contributed by atoms with Crippen LogP contribution in [0, 0.1) is 0 Å². The van der Waals surface area contributed by atoms with Crippen LogP contribution in [0.3, 0.4) is 0 Å². The number of piperazine rings is 1. The number of nitrogens with zero attached hydrogens (tertiary/aromatic N) is 2. The fourth-order valence-electron chi connectivity index (χ4n) is 2.18. The Balaban J connectivity index is 1.94. The molecule has 0 N–H and O–H groups in total. The van der Waals surface area contributed by atoms with Crippen LogP contribution in [0.4, 0.5) is 0 Å². The second kappa shape index (κ2) is 7.20. The van der Waals surface area contributed by atoms with Crippen LogP contribution < -0.4 is 0 Å². The van der Waals surface area contributed by atoms with Gasteiger partial charge in [-0.3, -0.25) is 4.79 Å². The molecular formula is C13H17BrN2O4S2. The lowest BCUT2D eigenvalue weighted by atomic mass is 10.2. The third kappa shape index (κ3) is 4.15. The Bertz CT molecular complexity index is 663. The van der Waals surface area contributed by atoms with E-state index in [0.29, 0.717) is 17.3 Å². The maximum Gasteiger partial charge on any atom is 0.252 e. The summed E-state index contributed by atoms with van der Waals surface area (Å²) in [5, 5.41) is 0. The van der Waals surface area contributed by atoms with Crippen molar-refractivity contribution in [3.63, 3.8) is 0 Å². The second-order valence-electron chi connectivity index (χ2n) is 5.05. The van der Waals surface area contributed by atoms with Crippen LogP contribution in [0.2, 0.25) is 0 Å². The molecule has 1 amide bonds. The van der Waals surface area contributed by atoms with Gasteiger partial charge in [-0.15, -0.1) is 11.3 Å². The van der Waals surface area contributed by atoms with E-state index in [1.165, 1.54) is 22.6 Å². The summed E-state index contributed by atoms with van der Waals surface area (Å²) in [4.78, 5) is 24.5. The van der Waals surface area contributed by atoms with Crippen molar-refractivity contribution >= 4 is 49.0 Å². The van der Waals surface area contributed by atoms with E-state index in [2.05, 4.69) is 15.9 Å². The van der Waals surface area contributed by atoms with Crippen LogP contribution in [0.25, 0.3) is 0 Å². The van der Waals surface area contributed by atoms with Crippen LogP contribution in [0.5, 0.6) is 0 Å². The largest absolute Gasteiger partial charge is 0.340 e. The fourth-order valence-corrected chi connectivity index (χ4v) is 5.77. The van der Waals surface area contributed by atoms with Crippen molar-refractivity contribution in [1.29, 1.82) is 0 Å². The minimum atomic E-state index is -3.49. The summed E-state index contributed by atoms with van der Waals surface area (Å²) in [7, 11) is -3.49. The summed E-state index contributed by atoms with van der Waals surface area (Å²) >= 11 is 4.44. The average molecular weight is 409 g/mol. The molecule has 22 heavy (non-hydrogen) atoms. The van der Waals surface area contributed by atoms with E-state index in [-0.39, 0.29) is 37.6 Å². The van der Waals surface area contributed by atoms with Gasteiger partial charge in [-0.1, -0.05) is 0 Å². The molecule has 0 unspecified atom stereocenters. The van der Waals surface area contributed by atoms with Crippen molar-refractivity contribution in [2.75, 3.05) is 26.2 Å². The first kappa shape index (κ1) is 17.6. The van der Waals surface area contributed by atoms with Crippen LogP contribution in [-0.4, -0.2) is 55.5 Å². The van der Waals surface area contributed by atoms with E-state index in [1.807, 2.05) is 0 Å². The zero-order valence-corrected chi connectivity index (χ0v) is 15.3. The molecular weight excluding hydrogens is 392 g/mol. The molecule has 0 aliphatic carbocycles. The number of halogens is 1. The molecule has 0 radical (unpaired) electrons. The standard InChI is InChI=1S/C13H17BrN2O4S2/c1-10(17)2-4-12(18)15-6-8-16(9-7-15)22(19,20)13-5-3-11(14)21-13/h3,5H,2,4,6-9H2,1H3. The lowest BCUT2D eigenvalue weighted by Crippen LogP contribution is -2.50. The van der Waals surface area contributed by atoms with Gasteiger partial charge in [0.15, 0.2) is 0 Å². The van der Waals surface area contributed by atoms with Crippen molar-refractivity contribution in [2.45, 2.75) is 24.0 Å². The van der Waals surface area contributed by atoms with Crippen molar-refractivity contribution < 1.29 is 18.0 Å². The first-order valence-corrected chi connectivity index (χ1v) is 9.88. The van der Waals surface area contributed by atoms with Crippen LogP contribution in [-0.2, 0) is 19.6 Å². The summed E-state index contributed by atoms with van der Waals surface area (Å²) in [5.41, 5.74) is 0. The highest BCUT2D eigenvalue weighted by molar-refractivity contribution is 9.11. The summed E-state index contributed by atoms with van der Waals surface area (Å²) in [6, 6.07) is 3.29. The number of sulfonamides is 1. The first-order chi connectivity index (χ1) is 10.3. The van der Waals surface area contributed by atoms with Crippen LogP contribution in [0.15, 0.2) is 20.1 Å². The highest BCUT2D eigenvalue weighted by Gasteiger charge is 2.30. The monoisotopic (exact) mass is 408 g/mol. The number of carbonyl (C=O) groups excluding carboxylic acids is 2. The Hall–Kier alpha value is -0.770. The van der Waals surface area contributed by atoms with E-state index in [1.54, 1.807) is 17.0 Å². The van der Waals surface area contributed by atoms with Gasteiger partial charge in [0.2, 0.25) is 5.91 Å². The number of rotatable bonds is 5. The van der Waals surface area contributed by atoms with Crippen molar-refractivity contribution in [3.05, 3.63) is 15.9 Å². The molecule has 2 rings (SSSR count). The quantitative estimate of drug-likeness (QED) is 0.742. The Labute approximate surface area is 142 Å². The van der Waals surface area contributed by atoms with Gasteiger partial charge in [0.05, 0.1) is 3.79 Å². The third-order valence-corrected chi connectivity index (χ3v) is 7.41. The van der Waals surface area contributed by atoms with E-state index in [4.69, 9.17) is 0 Å². The Kier molecular flexibility index (Phi) is 5.76. The van der Waals surface area contributed by atoms with Gasteiger partial charge in [0.1, 0.15) is 9.99 Å². The molecule has 1 saturated heterocycles. The predicted molar refractivity (Wildman–Crippen MR) is 87.3 cm³/mol. The number of ketones is 1. The minimum absolute atomic E-state index is 0.0159. The van der Waals surface area contributed by atoms with Crippen LogP contribution in [0.1, 0.15) is 19.8 Å². The molecule has 1 aliphatic rings. The molecule has 0 saturated carbocycles. The molecule has 0 atom stereocenters. The van der Waals surface area contributed by atoms with Crippen molar-refractivity contribution in [1.82, 2.24) is 9.21 Å². The number of carbonyl (C=O) groups is 2. The van der Waals surface area contributed by atoms with E-state index >= 15 is 0 Å². The Morgan fingerprint density at radius 3 is 2.32 bits per heavy atom. The lowest BCUT2D eigenvalue weighted by molar-refractivity contribution is -0.134. The minimum Gasteiger partial charge on any atom is -0.340 e. The number of Topliss-reactive ketones (excluding diaryl/α,β-unsaturated/α-hetero) is 1. The van der Waals surface area contributed by atoms with E-state index < -0.39 is 10.0 Å². The first-order valence-electron chi connectivity index (χ1n) is 6.83. The molecule has 2 heterocycles. The van der Waals surface area contributed by atoms with Gasteiger partial charge in [-0.2, -0.15) is 4.31 Å². The molecule has 1 aromatic rings. The third-order valence-electron chi connectivity index (χ3n) is 3.42. The molecule has 1 aliphatic heterocycles. The number of thiophene rings is 1. The SMILES string of the molecule is CC(=O)CCC(=O)N1CCN(S(=O)(=O)c2ccc(Br)s2)CC1. The highest BCUT2D eigenvalue weighted by Crippen LogP contribution is 2.28. The molecule has 122 valence electrons. The zero-order valence-electron chi connectivity index (χ0n) is 12.1.